The lowest BCUT2D eigenvalue weighted by Crippen LogP contribution is -2.24. The summed E-state index contributed by atoms with van der Waals surface area (Å²) in [4.78, 5) is 28.1. The van der Waals surface area contributed by atoms with Gasteiger partial charge in [-0.2, -0.15) is 0 Å². The van der Waals surface area contributed by atoms with Gasteiger partial charge in [-0.3, -0.25) is 14.2 Å². The first-order chi connectivity index (χ1) is 9.59. The molecule has 0 unspecified atom stereocenters. The van der Waals surface area contributed by atoms with E-state index in [0.29, 0.717) is 23.0 Å². The van der Waals surface area contributed by atoms with Gasteiger partial charge in [0.05, 0.1) is 15.6 Å². The van der Waals surface area contributed by atoms with E-state index in [1.54, 1.807) is 10.9 Å². The zero-order chi connectivity index (χ0) is 14.5. The van der Waals surface area contributed by atoms with E-state index in [4.69, 9.17) is 0 Å². The number of carbonyl (C=O) groups excluding carboxylic acids is 1. The molecule has 1 aromatic heterocycles. The first-order valence-corrected chi connectivity index (χ1v) is 7.47. The average molecular weight is 382 g/mol. The van der Waals surface area contributed by atoms with Crippen molar-refractivity contribution < 1.29 is 4.79 Å². The number of nitrogens with zero attached hydrogens (tertiary/aromatic N) is 2. The van der Waals surface area contributed by atoms with Crippen LogP contribution in [0, 0.1) is 10.5 Å². The van der Waals surface area contributed by atoms with Gasteiger partial charge in [0.25, 0.3) is 5.56 Å². The highest BCUT2D eigenvalue weighted by Gasteiger charge is 2.07. The molecule has 0 amide bonds. The van der Waals surface area contributed by atoms with E-state index in [9.17, 15) is 9.59 Å². The molecule has 1 heterocycles. The Labute approximate surface area is 131 Å². The number of Topliss-reactive ketones (excluding diaryl/α,β-unsaturated/α-hetero) is 1. The van der Waals surface area contributed by atoms with E-state index < -0.39 is 0 Å². The van der Waals surface area contributed by atoms with E-state index in [1.165, 1.54) is 0 Å². The van der Waals surface area contributed by atoms with Gasteiger partial charge in [0.15, 0.2) is 5.78 Å². The standard InChI is InChI=1S/C15H15IN2O2/c1-11-14(16)15(20)18(10-17-11)9-5-8-13(19)12-6-3-2-4-7-12/h2-4,6-7,10H,5,8-9H2,1H3. The molecule has 104 valence electrons. The second-order valence-corrected chi connectivity index (χ2v) is 5.61. The Bertz CT molecular complexity index is 665. The first-order valence-electron chi connectivity index (χ1n) is 6.39. The molecule has 20 heavy (non-hydrogen) atoms. The van der Waals surface area contributed by atoms with Crippen LogP contribution < -0.4 is 5.56 Å². The molecule has 2 aromatic rings. The van der Waals surface area contributed by atoms with E-state index in [0.717, 1.165) is 11.3 Å². The minimum Gasteiger partial charge on any atom is -0.298 e. The van der Waals surface area contributed by atoms with Gasteiger partial charge in [0.2, 0.25) is 0 Å². The van der Waals surface area contributed by atoms with Crippen LogP contribution in [0.4, 0.5) is 0 Å². The predicted molar refractivity (Wildman–Crippen MR) is 86.0 cm³/mol. The van der Waals surface area contributed by atoms with Crippen LogP contribution in [-0.4, -0.2) is 15.3 Å². The van der Waals surface area contributed by atoms with Gasteiger partial charge >= 0.3 is 0 Å². The third-order valence-corrected chi connectivity index (χ3v) is 4.30. The highest BCUT2D eigenvalue weighted by atomic mass is 127. The van der Waals surface area contributed by atoms with Crippen LogP contribution in [0.15, 0.2) is 41.5 Å². The third-order valence-electron chi connectivity index (χ3n) is 3.06. The van der Waals surface area contributed by atoms with Crippen LogP contribution in [-0.2, 0) is 6.54 Å². The van der Waals surface area contributed by atoms with E-state index in [-0.39, 0.29) is 11.3 Å². The molecule has 0 atom stereocenters. The normalized spacial score (nSPS) is 10.5. The maximum absolute atomic E-state index is 12.0. The van der Waals surface area contributed by atoms with Crippen molar-refractivity contribution in [2.24, 2.45) is 0 Å². The lowest BCUT2D eigenvalue weighted by Gasteiger charge is -2.06. The van der Waals surface area contributed by atoms with Gasteiger partial charge < -0.3 is 0 Å². The Hall–Kier alpha value is -1.50. The van der Waals surface area contributed by atoms with Gasteiger partial charge in [-0.1, -0.05) is 30.3 Å². The number of hydrogen-bond acceptors (Lipinski definition) is 3. The lowest BCUT2D eigenvalue weighted by molar-refractivity contribution is 0.0978. The summed E-state index contributed by atoms with van der Waals surface area (Å²) in [5.41, 5.74) is 1.42. The minimum atomic E-state index is -0.0368. The molecular formula is C15H15IN2O2. The van der Waals surface area contributed by atoms with Crippen LogP contribution >= 0.6 is 22.6 Å². The number of rotatable bonds is 5. The Morgan fingerprint density at radius 1 is 1.30 bits per heavy atom. The van der Waals surface area contributed by atoms with Crippen LogP contribution in [0.2, 0.25) is 0 Å². The topological polar surface area (TPSA) is 52.0 Å². The maximum Gasteiger partial charge on any atom is 0.266 e. The molecule has 0 saturated heterocycles. The predicted octanol–water partition coefficient (Wildman–Crippen LogP) is 2.82. The van der Waals surface area contributed by atoms with E-state index in [1.807, 2.05) is 59.8 Å². The Morgan fingerprint density at radius 3 is 2.70 bits per heavy atom. The fraction of sp³-hybridized carbons (Fsp3) is 0.267. The summed E-state index contributed by atoms with van der Waals surface area (Å²) in [6.07, 6.45) is 2.61. The Morgan fingerprint density at radius 2 is 2.00 bits per heavy atom. The SMILES string of the molecule is Cc1ncn(CCCC(=O)c2ccccc2)c(=O)c1I. The fourth-order valence-electron chi connectivity index (χ4n) is 1.88. The molecular weight excluding hydrogens is 367 g/mol. The monoisotopic (exact) mass is 382 g/mol. The second-order valence-electron chi connectivity index (χ2n) is 4.54. The molecule has 0 bridgehead atoms. The van der Waals surface area contributed by atoms with Gasteiger partial charge in [0, 0.05) is 18.5 Å². The van der Waals surface area contributed by atoms with Crippen LogP contribution in [0.25, 0.3) is 0 Å². The molecule has 0 saturated carbocycles. The highest BCUT2D eigenvalue weighted by Crippen LogP contribution is 2.06. The fourth-order valence-corrected chi connectivity index (χ4v) is 2.33. The molecule has 5 heteroatoms. The quantitative estimate of drug-likeness (QED) is 0.591. The summed E-state index contributed by atoms with van der Waals surface area (Å²) in [6, 6.07) is 9.21. The third kappa shape index (κ3) is 3.53. The number of aryl methyl sites for hydroxylation is 2. The van der Waals surface area contributed by atoms with Crippen molar-refractivity contribution in [2.45, 2.75) is 26.3 Å². The van der Waals surface area contributed by atoms with Gasteiger partial charge in [-0.25, -0.2) is 4.98 Å². The Kier molecular flexibility index (Phi) is 5.05. The number of benzene rings is 1. The van der Waals surface area contributed by atoms with Crippen LogP contribution in [0.1, 0.15) is 28.9 Å². The molecule has 0 fully saturated rings. The van der Waals surface area contributed by atoms with Crippen molar-refractivity contribution in [2.75, 3.05) is 0 Å². The zero-order valence-electron chi connectivity index (χ0n) is 11.2. The van der Waals surface area contributed by atoms with Crippen molar-refractivity contribution in [3.05, 3.63) is 61.8 Å². The molecule has 0 aliphatic heterocycles. The van der Waals surface area contributed by atoms with E-state index in [2.05, 4.69) is 4.98 Å². The van der Waals surface area contributed by atoms with E-state index >= 15 is 0 Å². The van der Waals surface area contributed by atoms with Gasteiger partial charge in [0.1, 0.15) is 0 Å². The smallest absolute Gasteiger partial charge is 0.266 e. The summed E-state index contributed by atoms with van der Waals surface area (Å²) in [7, 11) is 0. The number of ketones is 1. The van der Waals surface area contributed by atoms with Gasteiger partial charge in [-0.05, 0) is 35.9 Å². The summed E-state index contributed by atoms with van der Waals surface area (Å²) in [6.45, 7) is 2.33. The summed E-state index contributed by atoms with van der Waals surface area (Å²) in [5.74, 6) is 0.105. The number of carbonyl (C=O) groups is 1. The molecule has 0 N–H and O–H groups in total. The van der Waals surface area contributed by atoms with Crippen molar-refractivity contribution in [1.82, 2.24) is 9.55 Å². The van der Waals surface area contributed by atoms with Crippen molar-refractivity contribution >= 4 is 28.4 Å². The van der Waals surface area contributed by atoms with Crippen LogP contribution in [0.5, 0.6) is 0 Å². The molecule has 4 nitrogen and oxygen atoms in total. The molecule has 1 aromatic carbocycles. The maximum atomic E-state index is 12.0. The highest BCUT2D eigenvalue weighted by molar-refractivity contribution is 14.1. The van der Waals surface area contributed by atoms with Crippen molar-refractivity contribution in [3.63, 3.8) is 0 Å². The average Bonchev–Trinajstić information content (AvgIpc) is 2.48. The molecule has 2 rings (SSSR count). The zero-order valence-corrected chi connectivity index (χ0v) is 13.3. The summed E-state index contributed by atoms with van der Waals surface area (Å²) in [5, 5.41) is 0. The second kappa shape index (κ2) is 6.78. The van der Waals surface area contributed by atoms with Crippen molar-refractivity contribution in [1.29, 1.82) is 0 Å². The molecule has 0 aliphatic carbocycles. The Balaban J connectivity index is 1.96. The molecule has 0 spiro atoms. The number of halogens is 1. The molecule has 0 radical (unpaired) electrons. The molecule has 0 aliphatic rings. The summed E-state index contributed by atoms with van der Waals surface area (Å²) >= 11 is 2.01. The van der Waals surface area contributed by atoms with Crippen molar-refractivity contribution in [3.8, 4) is 0 Å². The van der Waals surface area contributed by atoms with Crippen LogP contribution in [0.3, 0.4) is 0 Å². The first kappa shape index (κ1) is 14.9. The summed E-state index contributed by atoms with van der Waals surface area (Å²) < 4.78 is 2.20. The number of hydrogen-bond donors (Lipinski definition) is 0. The lowest BCUT2D eigenvalue weighted by atomic mass is 10.1. The largest absolute Gasteiger partial charge is 0.298 e. The number of aromatic nitrogens is 2. The minimum absolute atomic E-state index is 0.0368. The van der Waals surface area contributed by atoms with Gasteiger partial charge in [-0.15, -0.1) is 0 Å².